The molecular formula is C19H14Cl2N8O2S. The minimum Gasteiger partial charge on any atom is -0.378 e. The summed E-state index contributed by atoms with van der Waals surface area (Å²) in [5.41, 5.74) is 9.39. The van der Waals surface area contributed by atoms with Crippen LogP contribution >= 0.6 is 35.0 Å². The number of amides is 1. The number of hydrogen-bond acceptors (Lipinski definition) is 9. The summed E-state index contributed by atoms with van der Waals surface area (Å²) in [6.07, 6.45) is 1.43. The molecule has 4 aromatic rings. The molecule has 32 heavy (non-hydrogen) atoms. The zero-order chi connectivity index (χ0) is 22.5. The van der Waals surface area contributed by atoms with Gasteiger partial charge < -0.3 is 5.73 Å². The lowest BCUT2D eigenvalue weighted by atomic mass is 10.2. The fourth-order valence-electron chi connectivity index (χ4n) is 2.59. The Balaban J connectivity index is 1.57. The summed E-state index contributed by atoms with van der Waals surface area (Å²) in [6.45, 7) is 0. The summed E-state index contributed by atoms with van der Waals surface area (Å²) >= 11 is 13.4. The van der Waals surface area contributed by atoms with Gasteiger partial charge in [0.1, 0.15) is 0 Å². The molecular weight excluding hydrogens is 475 g/mol. The first kappa shape index (κ1) is 21.8. The number of anilines is 1. The molecule has 13 heteroatoms. The number of carbonyl (C=O) groups excluding carboxylic acids is 1. The molecule has 162 valence electrons. The number of carbonyl (C=O) groups is 1. The molecule has 2 aromatic carbocycles. The van der Waals surface area contributed by atoms with Gasteiger partial charge in [-0.1, -0.05) is 52.7 Å². The molecule has 0 fully saturated rings. The molecule has 0 atom stereocenters. The number of aromatic nitrogens is 5. The molecule has 0 aliphatic rings. The SMILES string of the molecule is Nc1nonc1-n1nnc(C(=O)N/N=C/c2ccc(Cl)c(Cl)c2)c1CSc1ccccc1. The maximum absolute atomic E-state index is 12.8. The summed E-state index contributed by atoms with van der Waals surface area (Å²) in [5, 5.41) is 20.1. The summed E-state index contributed by atoms with van der Waals surface area (Å²) in [7, 11) is 0. The topological polar surface area (TPSA) is 137 Å². The van der Waals surface area contributed by atoms with Crippen LogP contribution in [0.25, 0.3) is 5.82 Å². The van der Waals surface area contributed by atoms with E-state index in [0.717, 1.165) is 4.90 Å². The standard InChI is InChI=1S/C19H14Cl2N8O2S/c20-13-7-6-11(8-14(13)21)9-23-25-19(30)16-15(10-32-12-4-2-1-3-5-12)29(28-24-16)18-17(22)26-31-27-18/h1-9H,10H2,(H2,22,26)(H,25,30)/b23-9+. The van der Waals surface area contributed by atoms with E-state index in [0.29, 0.717) is 27.1 Å². The minimum atomic E-state index is -0.564. The van der Waals surface area contributed by atoms with Crippen molar-refractivity contribution in [2.45, 2.75) is 10.6 Å². The molecule has 1 amide bonds. The van der Waals surface area contributed by atoms with Crippen molar-refractivity contribution < 1.29 is 9.42 Å². The zero-order valence-corrected chi connectivity index (χ0v) is 18.5. The van der Waals surface area contributed by atoms with Gasteiger partial charge in [0.2, 0.25) is 11.6 Å². The Kier molecular flexibility index (Phi) is 6.69. The maximum atomic E-state index is 12.8. The second-order valence-corrected chi connectivity index (χ2v) is 8.11. The number of benzene rings is 2. The predicted molar refractivity (Wildman–Crippen MR) is 121 cm³/mol. The van der Waals surface area contributed by atoms with Crippen molar-refractivity contribution in [2.75, 3.05) is 5.73 Å². The molecule has 10 nitrogen and oxygen atoms in total. The Morgan fingerprint density at radius 1 is 1.19 bits per heavy atom. The number of nitrogens with one attached hydrogen (secondary N) is 1. The van der Waals surface area contributed by atoms with E-state index in [-0.39, 0.29) is 17.3 Å². The van der Waals surface area contributed by atoms with Crippen LogP contribution < -0.4 is 11.2 Å². The lowest BCUT2D eigenvalue weighted by molar-refractivity contribution is 0.0949. The van der Waals surface area contributed by atoms with Crippen LogP contribution in [0.4, 0.5) is 5.82 Å². The van der Waals surface area contributed by atoms with Gasteiger partial charge in [0, 0.05) is 10.6 Å². The van der Waals surface area contributed by atoms with Crippen molar-refractivity contribution in [2.24, 2.45) is 5.10 Å². The number of nitrogen functional groups attached to an aromatic ring is 1. The summed E-state index contributed by atoms with van der Waals surface area (Å²) in [4.78, 5) is 13.8. The third kappa shape index (κ3) is 4.90. The highest BCUT2D eigenvalue weighted by Gasteiger charge is 2.24. The normalized spacial score (nSPS) is 11.2. The third-order valence-electron chi connectivity index (χ3n) is 4.12. The number of nitrogens with two attached hydrogens (primary N) is 1. The quantitative estimate of drug-likeness (QED) is 0.228. The molecule has 3 N–H and O–H groups in total. The van der Waals surface area contributed by atoms with Crippen molar-refractivity contribution in [3.8, 4) is 5.82 Å². The number of hydrazone groups is 1. The van der Waals surface area contributed by atoms with E-state index in [1.165, 1.54) is 22.7 Å². The molecule has 2 aromatic heterocycles. The Morgan fingerprint density at radius 3 is 2.72 bits per heavy atom. The molecule has 0 spiro atoms. The van der Waals surface area contributed by atoms with Gasteiger partial charge in [-0.15, -0.1) is 16.9 Å². The Labute approximate surface area is 195 Å². The van der Waals surface area contributed by atoms with Crippen LogP contribution in [0.1, 0.15) is 21.7 Å². The fraction of sp³-hybridized carbons (Fsp3) is 0.0526. The first-order valence-electron chi connectivity index (χ1n) is 9.02. The van der Waals surface area contributed by atoms with Crippen LogP contribution in [-0.2, 0) is 5.75 Å². The number of nitrogens with zero attached hydrogens (tertiary/aromatic N) is 6. The summed E-state index contributed by atoms with van der Waals surface area (Å²) in [6, 6.07) is 14.6. The van der Waals surface area contributed by atoms with Gasteiger partial charge in [0.25, 0.3) is 5.91 Å². The van der Waals surface area contributed by atoms with Crippen LogP contribution in [0.5, 0.6) is 0 Å². The average molecular weight is 489 g/mol. The molecule has 0 saturated heterocycles. The van der Waals surface area contributed by atoms with E-state index in [9.17, 15) is 4.79 Å². The van der Waals surface area contributed by atoms with Crippen LogP contribution in [0, 0.1) is 0 Å². The molecule has 0 aliphatic heterocycles. The van der Waals surface area contributed by atoms with Gasteiger partial charge in [-0.2, -0.15) is 9.78 Å². The summed E-state index contributed by atoms with van der Waals surface area (Å²) in [5.74, 6) is -0.0565. The highest BCUT2D eigenvalue weighted by atomic mass is 35.5. The van der Waals surface area contributed by atoms with Gasteiger partial charge in [0.05, 0.1) is 22.0 Å². The fourth-order valence-corrected chi connectivity index (χ4v) is 3.81. The van der Waals surface area contributed by atoms with E-state index < -0.39 is 5.91 Å². The monoisotopic (exact) mass is 488 g/mol. The minimum absolute atomic E-state index is 0.0189. The molecule has 0 bridgehead atoms. The van der Waals surface area contributed by atoms with E-state index in [1.807, 2.05) is 30.3 Å². The smallest absolute Gasteiger partial charge is 0.293 e. The molecule has 0 aliphatic carbocycles. The number of thioether (sulfide) groups is 1. The highest BCUT2D eigenvalue weighted by molar-refractivity contribution is 7.98. The number of halogens is 2. The van der Waals surface area contributed by atoms with Crippen molar-refractivity contribution in [1.29, 1.82) is 0 Å². The molecule has 2 heterocycles. The Bertz CT molecular complexity index is 1280. The van der Waals surface area contributed by atoms with Gasteiger partial charge in [-0.25, -0.2) is 10.1 Å². The largest absolute Gasteiger partial charge is 0.378 e. The Morgan fingerprint density at radius 2 is 2.00 bits per heavy atom. The van der Waals surface area contributed by atoms with Crippen LogP contribution in [-0.4, -0.2) is 37.4 Å². The van der Waals surface area contributed by atoms with Crippen LogP contribution in [0.2, 0.25) is 10.0 Å². The van der Waals surface area contributed by atoms with Crippen molar-refractivity contribution in [3.05, 3.63) is 75.5 Å². The zero-order valence-electron chi connectivity index (χ0n) is 16.1. The second kappa shape index (κ2) is 9.81. The van der Waals surface area contributed by atoms with Gasteiger partial charge >= 0.3 is 0 Å². The van der Waals surface area contributed by atoms with Crippen molar-refractivity contribution >= 4 is 52.9 Å². The van der Waals surface area contributed by atoms with E-state index in [1.54, 1.807) is 18.2 Å². The van der Waals surface area contributed by atoms with Gasteiger partial charge in [0.15, 0.2) is 5.69 Å². The number of rotatable bonds is 7. The molecule has 0 saturated carbocycles. The predicted octanol–water partition coefficient (Wildman–Crippen LogP) is 3.60. The molecule has 4 rings (SSSR count). The van der Waals surface area contributed by atoms with E-state index >= 15 is 0 Å². The molecule has 0 unspecified atom stereocenters. The third-order valence-corrected chi connectivity index (χ3v) is 5.88. The summed E-state index contributed by atoms with van der Waals surface area (Å²) < 4.78 is 5.97. The first-order valence-corrected chi connectivity index (χ1v) is 10.8. The highest BCUT2D eigenvalue weighted by Crippen LogP contribution is 2.26. The van der Waals surface area contributed by atoms with Crippen LogP contribution in [0.15, 0.2) is 63.2 Å². The lowest BCUT2D eigenvalue weighted by Gasteiger charge is -2.05. The average Bonchev–Trinajstić information content (AvgIpc) is 3.41. The maximum Gasteiger partial charge on any atom is 0.293 e. The first-order chi connectivity index (χ1) is 15.5. The van der Waals surface area contributed by atoms with Crippen LogP contribution in [0.3, 0.4) is 0 Å². The van der Waals surface area contributed by atoms with E-state index in [4.69, 9.17) is 28.9 Å². The second-order valence-electron chi connectivity index (χ2n) is 6.24. The van der Waals surface area contributed by atoms with Gasteiger partial charge in [-0.05, 0) is 40.1 Å². The van der Waals surface area contributed by atoms with Crippen molar-refractivity contribution in [1.82, 2.24) is 30.7 Å². The lowest BCUT2D eigenvalue weighted by Crippen LogP contribution is -2.20. The van der Waals surface area contributed by atoms with Gasteiger partial charge in [-0.3, -0.25) is 4.79 Å². The van der Waals surface area contributed by atoms with Crippen molar-refractivity contribution in [3.63, 3.8) is 0 Å². The Hall–Kier alpha value is -3.41. The number of hydrogen-bond donors (Lipinski definition) is 2. The molecule has 0 radical (unpaired) electrons. The van der Waals surface area contributed by atoms with E-state index in [2.05, 4.69) is 35.8 Å².